The molecule has 0 spiro atoms. The first-order chi connectivity index (χ1) is 9.32. The maximum Gasteiger partial charge on any atom is 0.573 e. The molecule has 106 valence electrons. The highest BCUT2D eigenvalue weighted by Gasteiger charge is 2.31. The van der Waals surface area contributed by atoms with E-state index in [0.717, 1.165) is 12.1 Å². The summed E-state index contributed by atoms with van der Waals surface area (Å²) < 4.78 is 65.9. The molecular formula is C14H9F5O. The summed E-state index contributed by atoms with van der Waals surface area (Å²) in [6.45, 7) is 0. The van der Waals surface area contributed by atoms with Gasteiger partial charge in [0.15, 0.2) is 0 Å². The molecule has 0 radical (unpaired) electrons. The van der Waals surface area contributed by atoms with Crippen LogP contribution < -0.4 is 4.74 Å². The van der Waals surface area contributed by atoms with Crippen molar-refractivity contribution in [2.24, 2.45) is 0 Å². The molecule has 2 rings (SSSR count). The van der Waals surface area contributed by atoms with Crippen molar-refractivity contribution in [1.29, 1.82) is 0 Å². The summed E-state index contributed by atoms with van der Waals surface area (Å²) in [5.41, 5.74) is 0.950. The van der Waals surface area contributed by atoms with Gasteiger partial charge in [0.25, 0.3) is 0 Å². The van der Waals surface area contributed by atoms with Gasteiger partial charge in [-0.15, -0.1) is 13.2 Å². The predicted octanol–water partition coefficient (Wildman–Crippen LogP) is 4.45. The van der Waals surface area contributed by atoms with Gasteiger partial charge in [-0.25, -0.2) is 8.78 Å². The van der Waals surface area contributed by atoms with Gasteiger partial charge in [0.1, 0.15) is 17.4 Å². The Morgan fingerprint density at radius 3 is 2.05 bits per heavy atom. The first-order valence-electron chi connectivity index (χ1n) is 5.61. The van der Waals surface area contributed by atoms with Gasteiger partial charge in [0.05, 0.1) is 0 Å². The number of benzene rings is 2. The number of alkyl halides is 3. The van der Waals surface area contributed by atoms with E-state index in [1.54, 1.807) is 0 Å². The van der Waals surface area contributed by atoms with Crippen molar-refractivity contribution in [1.82, 2.24) is 0 Å². The highest BCUT2D eigenvalue weighted by molar-refractivity contribution is 5.33. The minimum Gasteiger partial charge on any atom is -0.406 e. The van der Waals surface area contributed by atoms with Crippen LogP contribution in [-0.2, 0) is 6.42 Å². The van der Waals surface area contributed by atoms with E-state index < -0.39 is 23.7 Å². The molecule has 0 saturated heterocycles. The van der Waals surface area contributed by atoms with E-state index in [9.17, 15) is 22.0 Å². The molecule has 0 aliphatic heterocycles. The molecule has 2 aromatic carbocycles. The zero-order valence-corrected chi connectivity index (χ0v) is 10.0. The zero-order chi connectivity index (χ0) is 14.8. The van der Waals surface area contributed by atoms with Gasteiger partial charge in [0.2, 0.25) is 0 Å². The number of halogens is 5. The van der Waals surface area contributed by atoms with E-state index in [1.807, 2.05) is 0 Å². The highest BCUT2D eigenvalue weighted by Crippen LogP contribution is 2.25. The predicted molar refractivity (Wildman–Crippen MR) is 62.3 cm³/mol. The Hall–Kier alpha value is -2.11. The molecule has 2 aromatic rings. The Morgan fingerprint density at radius 1 is 0.800 bits per heavy atom. The monoisotopic (exact) mass is 288 g/mol. The molecule has 0 aliphatic carbocycles. The summed E-state index contributed by atoms with van der Waals surface area (Å²) in [7, 11) is 0. The second kappa shape index (κ2) is 5.48. The van der Waals surface area contributed by atoms with Crippen LogP contribution in [0, 0.1) is 11.6 Å². The van der Waals surface area contributed by atoms with Crippen LogP contribution in [0.3, 0.4) is 0 Å². The fraction of sp³-hybridized carbons (Fsp3) is 0.143. The van der Waals surface area contributed by atoms with Crippen LogP contribution in [0.25, 0.3) is 0 Å². The summed E-state index contributed by atoms with van der Waals surface area (Å²) in [4.78, 5) is 0. The van der Waals surface area contributed by atoms with Crippen molar-refractivity contribution in [3.8, 4) is 5.75 Å². The van der Waals surface area contributed by atoms with Crippen LogP contribution in [0.4, 0.5) is 22.0 Å². The van der Waals surface area contributed by atoms with E-state index in [-0.39, 0.29) is 6.42 Å². The Morgan fingerprint density at radius 2 is 1.45 bits per heavy atom. The summed E-state index contributed by atoms with van der Waals surface area (Å²) in [6, 6.07) is 8.26. The number of ether oxygens (including phenoxy) is 1. The minimum absolute atomic E-state index is 0.173. The molecule has 6 heteroatoms. The SMILES string of the molecule is Fc1ccc(Cc2cc(F)cc(OC(F)(F)F)c2)cc1. The summed E-state index contributed by atoms with van der Waals surface area (Å²) in [5.74, 6) is -1.87. The van der Waals surface area contributed by atoms with E-state index in [1.165, 1.54) is 24.3 Å². The van der Waals surface area contributed by atoms with Crippen molar-refractivity contribution < 1.29 is 26.7 Å². The maximum atomic E-state index is 13.3. The number of hydrogen-bond donors (Lipinski definition) is 0. The number of rotatable bonds is 3. The summed E-state index contributed by atoms with van der Waals surface area (Å²) in [6.07, 6.45) is -4.70. The molecule has 0 atom stereocenters. The third-order valence-electron chi connectivity index (χ3n) is 2.49. The smallest absolute Gasteiger partial charge is 0.406 e. The molecule has 1 nitrogen and oxygen atoms in total. The van der Waals surface area contributed by atoms with E-state index in [0.29, 0.717) is 17.2 Å². The zero-order valence-electron chi connectivity index (χ0n) is 10.0. The summed E-state index contributed by atoms with van der Waals surface area (Å²) >= 11 is 0. The Labute approximate surface area is 111 Å². The quantitative estimate of drug-likeness (QED) is 0.758. The van der Waals surface area contributed by atoms with Gasteiger partial charge in [-0.3, -0.25) is 0 Å². The van der Waals surface area contributed by atoms with Gasteiger partial charge < -0.3 is 4.74 Å². The van der Waals surface area contributed by atoms with Gasteiger partial charge >= 0.3 is 6.36 Å². The van der Waals surface area contributed by atoms with Crippen molar-refractivity contribution in [2.75, 3.05) is 0 Å². The lowest BCUT2D eigenvalue weighted by atomic mass is 10.0. The third-order valence-corrected chi connectivity index (χ3v) is 2.49. The first kappa shape index (κ1) is 14.3. The lowest BCUT2D eigenvalue weighted by Crippen LogP contribution is -2.17. The number of hydrogen-bond acceptors (Lipinski definition) is 1. The standard InChI is InChI=1S/C14H9F5O/c15-11-3-1-9(2-4-11)5-10-6-12(16)8-13(7-10)20-14(17,18)19/h1-4,6-8H,5H2. The largest absolute Gasteiger partial charge is 0.573 e. The topological polar surface area (TPSA) is 9.23 Å². The molecule has 0 aromatic heterocycles. The Bertz CT molecular complexity index is 590. The second-order valence-electron chi connectivity index (χ2n) is 4.15. The average molecular weight is 288 g/mol. The van der Waals surface area contributed by atoms with Gasteiger partial charge in [-0.1, -0.05) is 12.1 Å². The van der Waals surface area contributed by atoms with Crippen molar-refractivity contribution >= 4 is 0 Å². The Balaban J connectivity index is 2.21. The molecule has 0 unspecified atom stereocenters. The van der Waals surface area contributed by atoms with Crippen LogP contribution in [-0.4, -0.2) is 6.36 Å². The molecule has 20 heavy (non-hydrogen) atoms. The fourth-order valence-corrected chi connectivity index (χ4v) is 1.75. The lowest BCUT2D eigenvalue weighted by Gasteiger charge is -2.10. The normalized spacial score (nSPS) is 11.4. The van der Waals surface area contributed by atoms with Crippen molar-refractivity contribution in [3.63, 3.8) is 0 Å². The third kappa shape index (κ3) is 4.22. The molecular weight excluding hydrogens is 279 g/mol. The molecule has 0 bridgehead atoms. The highest BCUT2D eigenvalue weighted by atomic mass is 19.4. The van der Waals surface area contributed by atoms with Crippen molar-refractivity contribution in [2.45, 2.75) is 12.8 Å². The molecule has 0 amide bonds. The first-order valence-corrected chi connectivity index (χ1v) is 5.61. The maximum absolute atomic E-state index is 13.3. The van der Waals surface area contributed by atoms with Crippen LogP contribution in [0.1, 0.15) is 11.1 Å². The van der Waals surface area contributed by atoms with Crippen LogP contribution in [0.15, 0.2) is 42.5 Å². The molecule has 0 fully saturated rings. The average Bonchev–Trinajstić information content (AvgIpc) is 2.29. The van der Waals surface area contributed by atoms with Gasteiger partial charge in [-0.2, -0.15) is 0 Å². The second-order valence-corrected chi connectivity index (χ2v) is 4.15. The molecule has 0 N–H and O–H groups in total. The van der Waals surface area contributed by atoms with E-state index in [2.05, 4.69) is 4.74 Å². The van der Waals surface area contributed by atoms with E-state index >= 15 is 0 Å². The van der Waals surface area contributed by atoms with Crippen LogP contribution in [0.5, 0.6) is 5.75 Å². The van der Waals surface area contributed by atoms with Gasteiger partial charge in [-0.05, 0) is 41.8 Å². The van der Waals surface area contributed by atoms with E-state index in [4.69, 9.17) is 0 Å². The summed E-state index contributed by atoms with van der Waals surface area (Å²) in [5, 5.41) is 0. The fourth-order valence-electron chi connectivity index (χ4n) is 1.75. The molecule has 0 heterocycles. The van der Waals surface area contributed by atoms with Crippen LogP contribution in [0.2, 0.25) is 0 Å². The molecule has 0 aliphatic rings. The van der Waals surface area contributed by atoms with Crippen LogP contribution >= 0.6 is 0 Å². The van der Waals surface area contributed by atoms with Crippen molar-refractivity contribution in [3.05, 3.63) is 65.2 Å². The van der Waals surface area contributed by atoms with Gasteiger partial charge in [0, 0.05) is 6.07 Å². The Kier molecular flexibility index (Phi) is 3.92. The molecule has 0 saturated carbocycles. The lowest BCUT2D eigenvalue weighted by molar-refractivity contribution is -0.274. The minimum atomic E-state index is -4.87.